The zero-order valence-electron chi connectivity index (χ0n) is 12.2. The van der Waals surface area contributed by atoms with Gasteiger partial charge >= 0.3 is 0 Å². The molecule has 0 aliphatic carbocycles. The molecule has 104 valence electrons. The molecule has 0 saturated carbocycles. The van der Waals surface area contributed by atoms with E-state index in [0.717, 1.165) is 31.9 Å². The zero-order chi connectivity index (χ0) is 13.6. The van der Waals surface area contributed by atoms with E-state index in [4.69, 9.17) is 4.74 Å². The first-order valence-electron chi connectivity index (χ1n) is 6.47. The Balaban J connectivity index is 2.54. The minimum Gasteiger partial charge on any atom is -0.383 e. The van der Waals surface area contributed by atoms with E-state index in [1.807, 2.05) is 11.7 Å². The lowest BCUT2D eigenvalue weighted by molar-refractivity contribution is 0.185. The van der Waals surface area contributed by atoms with Gasteiger partial charge in [-0.1, -0.05) is 20.8 Å². The molecule has 1 N–H and O–H groups in total. The van der Waals surface area contributed by atoms with Crippen molar-refractivity contribution in [3.05, 3.63) is 12.2 Å². The summed E-state index contributed by atoms with van der Waals surface area (Å²) in [5, 5.41) is 7.57. The van der Waals surface area contributed by atoms with Crippen molar-refractivity contribution in [3.8, 4) is 0 Å². The average Bonchev–Trinajstić information content (AvgIpc) is 2.67. The van der Waals surface area contributed by atoms with Gasteiger partial charge in [0.25, 0.3) is 0 Å². The van der Waals surface area contributed by atoms with Crippen LogP contribution in [0.3, 0.4) is 0 Å². The summed E-state index contributed by atoms with van der Waals surface area (Å²) < 4.78 is 6.90. The van der Waals surface area contributed by atoms with E-state index in [2.05, 4.69) is 36.2 Å². The van der Waals surface area contributed by atoms with Crippen LogP contribution in [0.2, 0.25) is 0 Å². The van der Waals surface area contributed by atoms with Crippen molar-refractivity contribution in [1.82, 2.24) is 20.1 Å². The van der Waals surface area contributed by atoms with Crippen LogP contribution in [0.15, 0.2) is 6.33 Å². The molecule has 0 radical (unpaired) electrons. The normalized spacial score (nSPS) is 13.8. The van der Waals surface area contributed by atoms with E-state index >= 15 is 0 Å². The van der Waals surface area contributed by atoms with E-state index in [0.29, 0.717) is 5.92 Å². The Kier molecular flexibility index (Phi) is 5.75. The molecule has 0 fully saturated rings. The summed E-state index contributed by atoms with van der Waals surface area (Å²) in [7, 11) is 3.67. The third-order valence-electron chi connectivity index (χ3n) is 3.33. The molecule has 0 spiro atoms. The maximum Gasteiger partial charge on any atom is 0.138 e. The van der Waals surface area contributed by atoms with Crippen LogP contribution in [0.5, 0.6) is 0 Å². The number of nitrogens with one attached hydrogen (secondary N) is 1. The minimum absolute atomic E-state index is 0.242. The third kappa shape index (κ3) is 4.74. The molecule has 1 heterocycles. The molecule has 1 rings (SSSR count). The zero-order valence-corrected chi connectivity index (χ0v) is 12.2. The van der Waals surface area contributed by atoms with Gasteiger partial charge in [0.2, 0.25) is 0 Å². The van der Waals surface area contributed by atoms with E-state index in [1.165, 1.54) is 0 Å². The fourth-order valence-electron chi connectivity index (χ4n) is 1.86. The van der Waals surface area contributed by atoms with Gasteiger partial charge in [-0.3, -0.25) is 4.68 Å². The molecule has 0 bridgehead atoms. The fraction of sp³-hybridized carbons (Fsp3) is 0.846. The summed E-state index contributed by atoms with van der Waals surface area (Å²) in [6.45, 7) is 9.42. The number of aromatic nitrogens is 3. The number of methoxy groups -OCH3 is 1. The lowest BCUT2D eigenvalue weighted by Crippen LogP contribution is -2.35. The Morgan fingerprint density at radius 1 is 1.44 bits per heavy atom. The van der Waals surface area contributed by atoms with E-state index in [9.17, 15) is 0 Å². The van der Waals surface area contributed by atoms with Crippen LogP contribution in [0.25, 0.3) is 0 Å². The molecule has 1 aromatic rings. The summed E-state index contributed by atoms with van der Waals surface area (Å²) in [6, 6.07) is 0. The van der Waals surface area contributed by atoms with Gasteiger partial charge in [-0.2, -0.15) is 5.10 Å². The van der Waals surface area contributed by atoms with Gasteiger partial charge in [0, 0.05) is 27.1 Å². The smallest absolute Gasteiger partial charge is 0.138 e. The maximum atomic E-state index is 5.05. The Morgan fingerprint density at radius 3 is 2.67 bits per heavy atom. The molecule has 1 unspecified atom stereocenters. The second-order valence-electron chi connectivity index (χ2n) is 5.76. The van der Waals surface area contributed by atoms with Crippen LogP contribution in [-0.4, -0.2) is 41.6 Å². The van der Waals surface area contributed by atoms with Crippen molar-refractivity contribution in [1.29, 1.82) is 0 Å². The molecule has 0 amide bonds. The molecule has 0 aliphatic heterocycles. The number of hydrogen-bond acceptors (Lipinski definition) is 4. The third-order valence-corrected chi connectivity index (χ3v) is 3.33. The minimum atomic E-state index is 0.242. The SMILES string of the molecule is COCCNCC(Cc1ncnn1C)C(C)(C)C. The molecule has 0 saturated heterocycles. The van der Waals surface area contributed by atoms with Gasteiger partial charge < -0.3 is 10.1 Å². The van der Waals surface area contributed by atoms with Gasteiger partial charge in [0.15, 0.2) is 0 Å². The second kappa shape index (κ2) is 6.85. The molecular formula is C13H26N4O. The molecule has 5 heteroatoms. The van der Waals surface area contributed by atoms with Crippen LogP contribution in [0.1, 0.15) is 26.6 Å². The average molecular weight is 254 g/mol. The maximum absolute atomic E-state index is 5.05. The van der Waals surface area contributed by atoms with Gasteiger partial charge in [-0.05, 0) is 17.9 Å². The van der Waals surface area contributed by atoms with Crippen LogP contribution in [-0.2, 0) is 18.2 Å². The first kappa shape index (κ1) is 15.1. The highest BCUT2D eigenvalue weighted by Gasteiger charge is 2.25. The molecule has 1 aromatic heterocycles. The predicted octanol–water partition coefficient (Wildman–Crippen LogP) is 1.26. The lowest BCUT2D eigenvalue weighted by atomic mass is 9.78. The number of aryl methyl sites for hydroxylation is 1. The first-order valence-corrected chi connectivity index (χ1v) is 6.47. The van der Waals surface area contributed by atoms with Gasteiger partial charge in [-0.15, -0.1) is 0 Å². The molecular weight excluding hydrogens is 228 g/mol. The van der Waals surface area contributed by atoms with Gasteiger partial charge in [-0.25, -0.2) is 4.98 Å². The highest BCUT2D eigenvalue weighted by Crippen LogP contribution is 2.27. The highest BCUT2D eigenvalue weighted by atomic mass is 16.5. The standard InChI is InChI=1S/C13H26N4O/c1-13(2,3)11(9-14-6-7-18-5)8-12-15-10-16-17(12)4/h10-11,14H,6-9H2,1-5H3. The van der Waals surface area contributed by atoms with Crippen molar-refractivity contribution in [2.75, 3.05) is 26.8 Å². The molecule has 18 heavy (non-hydrogen) atoms. The number of rotatable bonds is 7. The van der Waals surface area contributed by atoms with Crippen molar-refractivity contribution in [3.63, 3.8) is 0 Å². The Morgan fingerprint density at radius 2 is 2.17 bits per heavy atom. The lowest BCUT2D eigenvalue weighted by Gasteiger charge is -2.30. The molecule has 1 atom stereocenters. The summed E-state index contributed by atoms with van der Waals surface area (Å²) in [4.78, 5) is 4.31. The Hall–Kier alpha value is -0.940. The topological polar surface area (TPSA) is 52.0 Å². The van der Waals surface area contributed by atoms with Crippen molar-refractivity contribution in [2.45, 2.75) is 27.2 Å². The summed E-state index contributed by atoms with van der Waals surface area (Å²) in [6.07, 6.45) is 2.56. The number of nitrogens with zero attached hydrogens (tertiary/aromatic N) is 3. The largest absolute Gasteiger partial charge is 0.383 e. The van der Waals surface area contributed by atoms with Gasteiger partial charge in [0.05, 0.1) is 6.61 Å². The van der Waals surface area contributed by atoms with Crippen molar-refractivity contribution >= 4 is 0 Å². The Labute approximate surface area is 110 Å². The summed E-state index contributed by atoms with van der Waals surface area (Å²) in [5.74, 6) is 1.57. The Bertz CT molecular complexity index is 343. The quantitative estimate of drug-likeness (QED) is 0.744. The second-order valence-corrected chi connectivity index (χ2v) is 5.76. The summed E-state index contributed by atoms with van der Waals surface area (Å²) >= 11 is 0. The number of hydrogen-bond donors (Lipinski definition) is 1. The monoisotopic (exact) mass is 254 g/mol. The molecule has 0 aromatic carbocycles. The summed E-state index contributed by atoms with van der Waals surface area (Å²) in [5.41, 5.74) is 0.242. The predicted molar refractivity (Wildman–Crippen MR) is 72.4 cm³/mol. The molecule has 5 nitrogen and oxygen atoms in total. The van der Waals surface area contributed by atoms with Crippen LogP contribution >= 0.6 is 0 Å². The van der Waals surface area contributed by atoms with E-state index < -0.39 is 0 Å². The van der Waals surface area contributed by atoms with E-state index in [1.54, 1.807) is 13.4 Å². The van der Waals surface area contributed by atoms with Crippen LogP contribution in [0.4, 0.5) is 0 Å². The first-order chi connectivity index (χ1) is 8.45. The van der Waals surface area contributed by atoms with Crippen LogP contribution < -0.4 is 5.32 Å². The highest BCUT2D eigenvalue weighted by molar-refractivity contribution is 4.90. The van der Waals surface area contributed by atoms with Crippen LogP contribution in [0, 0.1) is 11.3 Å². The van der Waals surface area contributed by atoms with Crippen molar-refractivity contribution < 1.29 is 4.74 Å². The van der Waals surface area contributed by atoms with Crippen molar-refractivity contribution in [2.24, 2.45) is 18.4 Å². The number of ether oxygens (including phenoxy) is 1. The van der Waals surface area contributed by atoms with Gasteiger partial charge in [0.1, 0.15) is 12.2 Å². The van der Waals surface area contributed by atoms with E-state index in [-0.39, 0.29) is 5.41 Å². The fourth-order valence-corrected chi connectivity index (χ4v) is 1.86. The molecule has 0 aliphatic rings.